The SMILES string of the molecule is NS(=O)(=O)c1ccc(NCC2Cc3ccccc32)cc1. The van der Waals surface area contributed by atoms with Gasteiger partial charge in [-0.05, 0) is 41.8 Å². The molecule has 3 rings (SSSR count). The zero-order valence-electron chi connectivity index (χ0n) is 10.9. The number of hydrogen-bond acceptors (Lipinski definition) is 3. The van der Waals surface area contributed by atoms with Crippen LogP contribution in [-0.4, -0.2) is 15.0 Å². The van der Waals surface area contributed by atoms with Gasteiger partial charge in [0.1, 0.15) is 0 Å². The predicted octanol–water partition coefficient (Wildman–Crippen LogP) is 2.09. The summed E-state index contributed by atoms with van der Waals surface area (Å²) in [5, 5.41) is 8.40. The number of primary sulfonamides is 1. The number of fused-ring (bicyclic) bond motifs is 1. The van der Waals surface area contributed by atoms with E-state index in [0.29, 0.717) is 5.92 Å². The van der Waals surface area contributed by atoms with E-state index in [0.717, 1.165) is 18.7 Å². The van der Waals surface area contributed by atoms with Crippen LogP contribution in [0.5, 0.6) is 0 Å². The standard InChI is InChI=1S/C15H16N2O2S/c16-20(18,19)14-7-5-13(6-8-14)17-10-12-9-11-3-1-2-4-15(11)12/h1-8,12,17H,9-10H2,(H2,16,18,19). The van der Waals surface area contributed by atoms with Gasteiger partial charge in [-0.15, -0.1) is 0 Å². The van der Waals surface area contributed by atoms with Crippen LogP contribution >= 0.6 is 0 Å². The summed E-state index contributed by atoms with van der Waals surface area (Å²) in [4.78, 5) is 0.136. The Balaban J connectivity index is 1.63. The predicted molar refractivity (Wildman–Crippen MR) is 79.2 cm³/mol. The molecule has 0 aliphatic heterocycles. The van der Waals surface area contributed by atoms with Crippen molar-refractivity contribution in [2.24, 2.45) is 5.14 Å². The molecule has 0 saturated carbocycles. The van der Waals surface area contributed by atoms with Crippen molar-refractivity contribution >= 4 is 15.7 Å². The zero-order chi connectivity index (χ0) is 14.2. The number of hydrogen-bond donors (Lipinski definition) is 2. The van der Waals surface area contributed by atoms with E-state index in [-0.39, 0.29) is 4.90 Å². The molecule has 0 radical (unpaired) electrons. The lowest BCUT2D eigenvalue weighted by molar-refractivity contribution is 0.598. The Morgan fingerprint density at radius 2 is 1.80 bits per heavy atom. The van der Waals surface area contributed by atoms with E-state index < -0.39 is 10.0 Å². The lowest BCUT2D eigenvalue weighted by Crippen LogP contribution is -2.24. The third-order valence-corrected chi connectivity index (χ3v) is 4.63. The first kappa shape index (κ1) is 13.1. The number of benzene rings is 2. The molecule has 0 amide bonds. The minimum Gasteiger partial charge on any atom is -0.384 e. The Hall–Kier alpha value is -1.85. The first-order valence-electron chi connectivity index (χ1n) is 6.48. The quantitative estimate of drug-likeness (QED) is 0.905. The average Bonchev–Trinajstić information content (AvgIpc) is 2.39. The maximum atomic E-state index is 11.2. The minimum absolute atomic E-state index is 0.136. The highest BCUT2D eigenvalue weighted by Gasteiger charge is 2.24. The van der Waals surface area contributed by atoms with Gasteiger partial charge in [-0.25, -0.2) is 13.6 Å². The third kappa shape index (κ3) is 2.55. The second-order valence-electron chi connectivity index (χ2n) is 5.05. The van der Waals surface area contributed by atoms with Gasteiger partial charge >= 0.3 is 0 Å². The molecule has 20 heavy (non-hydrogen) atoms. The number of anilines is 1. The fourth-order valence-corrected chi connectivity index (χ4v) is 3.06. The van der Waals surface area contributed by atoms with Crippen LogP contribution in [0.1, 0.15) is 17.0 Å². The fourth-order valence-electron chi connectivity index (χ4n) is 2.55. The molecule has 2 aromatic rings. The molecule has 3 N–H and O–H groups in total. The van der Waals surface area contributed by atoms with Crippen LogP contribution in [0, 0.1) is 0 Å². The van der Waals surface area contributed by atoms with Gasteiger partial charge in [-0.1, -0.05) is 24.3 Å². The molecule has 1 aliphatic rings. The van der Waals surface area contributed by atoms with Crippen LogP contribution in [0.4, 0.5) is 5.69 Å². The van der Waals surface area contributed by atoms with Crippen molar-refractivity contribution in [2.45, 2.75) is 17.2 Å². The van der Waals surface area contributed by atoms with Gasteiger partial charge in [0.25, 0.3) is 0 Å². The molecule has 1 aliphatic carbocycles. The van der Waals surface area contributed by atoms with Gasteiger partial charge in [0.2, 0.25) is 10.0 Å². The molecule has 2 aromatic carbocycles. The number of rotatable bonds is 4. The van der Waals surface area contributed by atoms with Crippen LogP contribution < -0.4 is 10.5 Å². The van der Waals surface area contributed by atoms with E-state index in [2.05, 4.69) is 29.6 Å². The molecule has 104 valence electrons. The number of nitrogens with one attached hydrogen (secondary N) is 1. The van der Waals surface area contributed by atoms with E-state index in [1.807, 2.05) is 0 Å². The summed E-state index contributed by atoms with van der Waals surface area (Å²) in [6.07, 6.45) is 1.10. The molecule has 0 bridgehead atoms. The van der Waals surface area contributed by atoms with Gasteiger partial charge in [0.15, 0.2) is 0 Å². The Kier molecular flexibility index (Phi) is 3.23. The molecular formula is C15H16N2O2S. The van der Waals surface area contributed by atoms with Crippen LogP contribution in [-0.2, 0) is 16.4 Å². The van der Waals surface area contributed by atoms with Gasteiger partial charge in [-0.2, -0.15) is 0 Å². The van der Waals surface area contributed by atoms with E-state index in [1.165, 1.54) is 23.3 Å². The lowest BCUT2D eigenvalue weighted by atomic mass is 9.77. The highest BCUT2D eigenvalue weighted by atomic mass is 32.2. The topological polar surface area (TPSA) is 72.2 Å². The van der Waals surface area contributed by atoms with Gasteiger partial charge < -0.3 is 5.32 Å². The summed E-state index contributed by atoms with van der Waals surface area (Å²) in [7, 11) is -3.61. The van der Waals surface area contributed by atoms with Crippen molar-refractivity contribution in [3.63, 3.8) is 0 Å². The average molecular weight is 288 g/mol. The van der Waals surface area contributed by atoms with E-state index >= 15 is 0 Å². The first-order chi connectivity index (χ1) is 9.54. The van der Waals surface area contributed by atoms with Crippen LogP contribution in [0.3, 0.4) is 0 Å². The second kappa shape index (κ2) is 4.92. The Bertz CT molecular complexity index is 724. The van der Waals surface area contributed by atoms with Crippen molar-refractivity contribution in [3.05, 3.63) is 59.7 Å². The molecule has 0 heterocycles. The highest BCUT2D eigenvalue weighted by Crippen LogP contribution is 2.34. The van der Waals surface area contributed by atoms with Crippen molar-refractivity contribution in [3.8, 4) is 0 Å². The fraction of sp³-hybridized carbons (Fsp3) is 0.200. The Morgan fingerprint density at radius 3 is 2.45 bits per heavy atom. The summed E-state index contributed by atoms with van der Waals surface area (Å²) >= 11 is 0. The monoisotopic (exact) mass is 288 g/mol. The summed E-state index contributed by atoms with van der Waals surface area (Å²) in [5.74, 6) is 0.532. The Labute approximate surface area is 118 Å². The molecule has 1 unspecified atom stereocenters. The number of nitrogens with two attached hydrogens (primary N) is 1. The zero-order valence-corrected chi connectivity index (χ0v) is 11.7. The van der Waals surface area contributed by atoms with Gasteiger partial charge in [0.05, 0.1) is 4.90 Å². The van der Waals surface area contributed by atoms with Gasteiger partial charge in [0, 0.05) is 18.2 Å². The number of sulfonamides is 1. The molecule has 1 atom stereocenters. The summed E-state index contributed by atoms with van der Waals surface area (Å²) in [6.45, 7) is 0.853. The molecule has 0 fully saturated rings. The third-order valence-electron chi connectivity index (χ3n) is 3.70. The molecule has 0 spiro atoms. The maximum Gasteiger partial charge on any atom is 0.238 e. The smallest absolute Gasteiger partial charge is 0.238 e. The molecular weight excluding hydrogens is 272 g/mol. The summed E-state index contributed by atoms with van der Waals surface area (Å²) < 4.78 is 22.3. The summed E-state index contributed by atoms with van der Waals surface area (Å²) in [6, 6.07) is 15.0. The van der Waals surface area contributed by atoms with Crippen LogP contribution in [0.2, 0.25) is 0 Å². The maximum absolute atomic E-state index is 11.2. The molecule has 5 heteroatoms. The van der Waals surface area contributed by atoms with Crippen LogP contribution in [0.15, 0.2) is 53.4 Å². The Morgan fingerprint density at radius 1 is 1.10 bits per heavy atom. The van der Waals surface area contributed by atoms with E-state index in [4.69, 9.17) is 5.14 Å². The highest BCUT2D eigenvalue weighted by molar-refractivity contribution is 7.89. The lowest BCUT2D eigenvalue weighted by Gasteiger charge is -2.30. The summed E-state index contributed by atoms with van der Waals surface area (Å²) in [5.41, 5.74) is 3.73. The molecule has 0 aromatic heterocycles. The second-order valence-corrected chi connectivity index (χ2v) is 6.61. The van der Waals surface area contributed by atoms with E-state index in [9.17, 15) is 8.42 Å². The van der Waals surface area contributed by atoms with Crippen molar-refractivity contribution in [1.82, 2.24) is 0 Å². The van der Waals surface area contributed by atoms with Crippen LogP contribution in [0.25, 0.3) is 0 Å². The molecule has 4 nitrogen and oxygen atoms in total. The largest absolute Gasteiger partial charge is 0.384 e. The van der Waals surface area contributed by atoms with Crippen molar-refractivity contribution < 1.29 is 8.42 Å². The molecule has 0 saturated heterocycles. The van der Waals surface area contributed by atoms with Crippen molar-refractivity contribution in [2.75, 3.05) is 11.9 Å². The normalized spacial score (nSPS) is 17.1. The first-order valence-corrected chi connectivity index (χ1v) is 8.03. The van der Waals surface area contributed by atoms with E-state index in [1.54, 1.807) is 12.1 Å². The van der Waals surface area contributed by atoms with Crippen molar-refractivity contribution in [1.29, 1.82) is 0 Å². The van der Waals surface area contributed by atoms with Gasteiger partial charge in [-0.3, -0.25) is 0 Å². The minimum atomic E-state index is -3.61.